The first-order chi connectivity index (χ1) is 15.1. The standard InChI is InChI=1S/C25H29NO5/c1-3-4-8-16-31-20-13-11-19(12-14-20)23(27)21-22(18-9-6-5-7-10-18)26(15-17-30-2)25(29)24(21)28/h5-7,9-14,22,27H,3-4,8,15-17H2,1-2H3/b23-21-. The van der Waals surface area contributed by atoms with Crippen molar-refractivity contribution in [2.75, 3.05) is 26.9 Å². The van der Waals surface area contributed by atoms with E-state index in [9.17, 15) is 14.7 Å². The van der Waals surface area contributed by atoms with Crippen molar-refractivity contribution in [2.45, 2.75) is 32.2 Å². The van der Waals surface area contributed by atoms with Crippen LogP contribution in [0.2, 0.25) is 0 Å². The van der Waals surface area contributed by atoms with E-state index in [-0.39, 0.29) is 17.9 Å². The van der Waals surface area contributed by atoms with E-state index in [1.54, 1.807) is 31.4 Å². The first-order valence-electron chi connectivity index (χ1n) is 10.6. The number of rotatable bonds is 10. The molecule has 1 aliphatic rings. The van der Waals surface area contributed by atoms with Crippen molar-refractivity contribution < 1.29 is 24.2 Å². The minimum Gasteiger partial charge on any atom is -0.507 e. The number of aliphatic hydroxyl groups excluding tert-OH is 1. The molecule has 0 spiro atoms. The van der Waals surface area contributed by atoms with Gasteiger partial charge in [0.15, 0.2) is 0 Å². The van der Waals surface area contributed by atoms with Crippen molar-refractivity contribution >= 4 is 17.4 Å². The minimum absolute atomic E-state index is 0.0870. The van der Waals surface area contributed by atoms with Gasteiger partial charge in [-0.25, -0.2) is 0 Å². The largest absolute Gasteiger partial charge is 0.507 e. The van der Waals surface area contributed by atoms with Crippen LogP contribution in [0.3, 0.4) is 0 Å². The van der Waals surface area contributed by atoms with Crippen LogP contribution in [-0.4, -0.2) is 48.6 Å². The molecule has 3 rings (SSSR count). The van der Waals surface area contributed by atoms with Gasteiger partial charge in [0, 0.05) is 19.2 Å². The molecule has 1 amide bonds. The maximum absolute atomic E-state index is 12.9. The summed E-state index contributed by atoms with van der Waals surface area (Å²) in [4.78, 5) is 27.1. The molecule has 2 aromatic rings. The Hall–Kier alpha value is -3.12. The molecule has 0 saturated carbocycles. The van der Waals surface area contributed by atoms with Crippen LogP contribution in [0, 0.1) is 0 Å². The lowest BCUT2D eigenvalue weighted by Gasteiger charge is -2.25. The molecule has 6 heteroatoms. The third kappa shape index (κ3) is 5.14. The normalized spacial score (nSPS) is 17.9. The molecule has 1 atom stereocenters. The fraction of sp³-hybridized carbons (Fsp3) is 0.360. The monoisotopic (exact) mass is 423 g/mol. The van der Waals surface area contributed by atoms with Crippen LogP contribution in [0.15, 0.2) is 60.2 Å². The third-order valence-electron chi connectivity index (χ3n) is 5.34. The Labute approximate surface area is 183 Å². The van der Waals surface area contributed by atoms with E-state index in [1.807, 2.05) is 30.3 Å². The predicted molar refractivity (Wildman–Crippen MR) is 119 cm³/mol. The number of hydrogen-bond acceptors (Lipinski definition) is 5. The van der Waals surface area contributed by atoms with Gasteiger partial charge < -0.3 is 19.5 Å². The molecule has 1 aliphatic heterocycles. The molecular weight excluding hydrogens is 394 g/mol. The van der Waals surface area contributed by atoms with Crippen LogP contribution in [0.4, 0.5) is 0 Å². The highest BCUT2D eigenvalue weighted by molar-refractivity contribution is 6.46. The van der Waals surface area contributed by atoms with E-state index in [0.717, 1.165) is 24.8 Å². The number of methoxy groups -OCH3 is 1. The van der Waals surface area contributed by atoms with E-state index in [2.05, 4.69) is 6.92 Å². The molecule has 0 aromatic heterocycles. The van der Waals surface area contributed by atoms with Gasteiger partial charge in [0.05, 0.1) is 24.8 Å². The lowest BCUT2D eigenvalue weighted by Crippen LogP contribution is -2.32. The van der Waals surface area contributed by atoms with Crippen molar-refractivity contribution in [3.8, 4) is 5.75 Å². The summed E-state index contributed by atoms with van der Waals surface area (Å²) in [7, 11) is 1.54. The Morgan fingerprint density at radius 2 is 1.71 bits per heavy atom. The summed E-state index contributed by atoms with van der Waals surface area (Å²) in [5.41, 5.74) is 1.31. The second-order valence-corrected chi connectivity index (χ2v) is 7.48. The number of nitrogens with zero attached hydrogens (tertiary/aromatic N) is 1. The van der Waals surface area contributed by atoms with Crippen LogP contribution >= 0.6 is 0 Å². The molecule has 6 nitrogen and oxygen atoms in total. The van der Waals surface area contributed by atoms with Crippen molar-refractivity contribution in [2.24, 2.45) is 0 Å². The summed E-state index contributed by atoms with van der Waals surface area (Å²) < 4.78 is 10.8. The van der Waals surface area contributed by atoms with Crippen LogP contribution in [-0.2, 0) is 14.3 Å². The quantitative estimate of drug-likeness (QED) is 0.267. The Bertz CT molecular complexity index is 921. The average molecular weight is 424 g/mol. The van der Waals surface area contributed by atoms with Crippen LogP contribution < -0.4 is 4.74 Å². The van der Waals surface area contributed by atoms with Gasteiger partial charge in [0.1, 0.15) is 11.5 Å². The fourth-order valence-electron chi connectivity index (χ4n) is 3.69. The molecule has 31 heavy (non-hydrogen) atoms. The molecule has 1 heterocycles. The first kappa shape index (κ1) is 22.6. The Kier molecular flexibility index (Phi) is 7.84. The summed E-state index contributed by atoms with van der Waals surface area (Å²) in [6.45, 7) is 3.32. The van der Waals surface area contributed by atoms with Gasteiger partial charge in [0.25, 0.3) is 11.7 Å². The van der Waals surface area contributed by atoms with Gasteiger partial charge in [-0.15, -0.1) is 0 Å². The van der Waals surface area contributed by atoms with Crippen molar-refractivity contribution in [3.63, 3.8) is 0 Å². The number of unbranched alkanes of at least 4 members (excludes halogenated alkanes) is 2. The SMILES string of the molecule is CCCCCOc1ccc(/C(O)=C2/C(=O)C(=O)N(CCOC)C2c2ccccc2)cc1. The number of carbonyl (C=O) groups is 2. The fourth-order valence-corrected chi connectivity index (χ4v) is 3.69. The van der Waals surface area contributed by atoms with Gasteiger partial charge in [-0.1, -0.05) is 50.1 Å². The van der Waals surface area contributed by atoms with Crippen molar-refractivity contribution in [3.05, 3.63) is 71.3 Å². The molecule has 1 unspecified atom stereocenters. The number of ether oxygens (including phenoxy) is 2. The summed E-state index contributed by atoms with van der Waals surface area (Å²) in [6, 6.07) is 15.5. The van der Waals surface area contributed by atoms with Gasteiger partial charge >= 0.3 is 0 Å². The summed E-state index contributed by atoms with van der Waals surface area (Å²) in [5.74, 6) is -0.817. The zero-order valence-electron chi connectivity index (χ0n) is 18.0. The van der Waals surface area contributed by atoms with Crippen LogP contribution in [0.25, 0.3) is 5.76 Å². The zero-order valence-corrected chi connectivity index (χ0v) is 18.0. The maximum Gasteiger partial charge on any atom is 0.295 e. The van der Waals surface area contributed by atoms with Crippen LogP contribution in [0.5, 0.6) is 5.75 Å². The highest BCUT2D eigenvalue weighted by atomic mass is 16.5. The van der Waals surface area contributed by atoms with E-state index in [0.29, 0.717) is 24.5 Å². The zero-order chi connectivity index (χ0) is 22.2. The Balaban J connectivity index is 1.92. The Morgan fingerprint density at radius 3 is 2.35 bits per heavy atom. The minimum atomic E-state index is -0.692. The van der Waals surface area contributed by atoms with Crippen LogP contribution in [0.1, 0.15) is 43.4 Å². The lowest BCUT2D eigenvalue weighted by molar-refractivity contribution is -0.140. The van der Waals surface area contributed by atoms with Gasteiger partial charge in [-0.2, -0.15) is 0 Å². The second kappa shape index (κ2) is 10.8. The van der Waals surface area contributed by atoms with E-state index >= 15 is 0 Å². The molecule has 0 aliphatic carbocycles. The Morgan fingerprint density at radius 1 is 1.00 bits per heavy atom. The molecule has 1 N–H and O–H groups in total. The molecule has 1 saturated heterocycles. The topological polar surface area (TPSA) is 76.1 Å². The first-order valence-corrected chi connectivity index (χ1v) is 10.6. The van der Waals surface area contributed by atoms with Gasteiger partial charge in [0.2, 0.25) is 0 Å². The van der Waals surface area contributed by atoms with E-state index < -0.39 is 17.7 Å². The van der Waals surface area contributed by atoms with Crippen molar-refractivity contribution in [1.29, 1.82) is 0 Å². The number of amides is 1. The lowest BCUT2D eigenvalue weighted by atomic mass is 9.95. The van der Waals surface area contributed by atoms with Gasteiger partial charge in [-0.3, -0.25) is 9.59 Å². The van der Waals surface area contributed by atoms with E-state index in [1.165, 1.54) is 4.90 Å². The van der Waals surface area contributed by atoms with E-state index in [4.69, 9.17) is 9.47 Å². The predicted octanol–water partition coefficient (Wildman–Crippen LogP) is 4.32. The number of ketones is 1. The third-order valence-corrected chi connectivity index (χ3v) is 5.34. The molecule has 0 bridgehead atoms. The number of carbonyl (C=O) groups excluding carboxylic acids is 2. The number of aliphatic hydroxyl groups is 1. The highest BCUT2D eigenvalue weighted by Gasteiger charge is 2.45. The summed E-state index contributed by atoms with van der Waals surface area (Å²) in [5, 5.41) is 11.0. The average Bonchev–Trinajstić information content (AvgIpc) is 3.06. The second-order valence-electron chi connectivity index (χ2n) is 7.48. The smallest absolute Gasteiger partial charge is 0.295 e. The highest BCUT2D eigenvalue weighted by Crippen LogP contribution is 2.39. The summed E-state index contributed by atoms with van der Waals surface area (Å²) >= 11 is 0. The summed E-state index contributed by atoms with van der Waals surface area (Å²) in [6.07, 6.45) is 3.22. The molecule has 1 fully saturated rings. The molecule has 2 aromatic carbocycles. The number of hydrogen-bond donors (Lipinski definition) is 1. The molecular formula is C25H29NO5. The number of benzene rings is 2. The van der Waals surface area contributed by atoms with Crippen molar-refractivity contribution in [1.82, 2.24) is 4.90 Å². The molecule has 0 radical (unpaired) electrons. The maximum atomic E-state index is 12.9. The number of likely N-dealkylation sites (tertiary alicyclic amines) is 1. The molecule has 164 valence electrons. The van der Waals surface area contributed by atoms with Gasteiger partial charge in [-0.05, 0) is 36.2 Å². The number of Topliss-reactive ketones (excluding diaryl/α,β-unsaturated/α-hetero) is 1.